The van der Waals surface area contributed by atoms with Crippen molar-refractivity contribution in [2.75, 3.05) is 7.11 Å². The van der Waals surface area contributed by atoms with Gasteiger partial charge in [-0.1, -0.05) is 36.4 Å². The monoisotopic (exact) mass is 576 g/mol. The van der Waals surface area contributed by atoms with E-state index in [1.807, 2.05) is 48.5 Å². The molecule has 0 radical (unpaired) electrons. The molecule has 0 spiro atoms. The van der Waals surface area contributed by atoms with Gasteiger partial charge in [-0.05, 0) is 47.5 Å². The molecule has 3 N–H and O–H groups in total. The van der Waals surface area contributed by atoms with Crippen molar-refractivity contribution in [1.82, 2.24) is 14.8 Å². The van der Waals surface area contributed by atoms with E-state index < -0.39 is 16.0 Å². The minimum Gasteiger partial charge on any atom is -0.497 e. The van der Waals surface area contributed by atoms with Gasteiger partial charge in [-0.25, -0.2) is 28.0 Å². The van der Waals surface area contributed by atoms with Gasteiger partial charge in [0.15, 0.2) is 5.69 Å². The number of methoxy groups -OCH3 is 1. The summed E-state index contributed by atoms with van der Waals surface area (Å²) < 4.78 is 36.2. The quantitative estimate of drug-likeness (QED) is 0.247. The molecule has 0 saturated heterocycles. The van der Waals surface area contributed by atoms with Gasteiger partial charge in [0.2, 0.25) is 15.2 Å². The van der Waals surface area contributed by atoms with Crippen LogP contribution in [0.15, 0.2) is 89.3 Å². The normalized spacial score (nSPS) is 11.3. The lowest BCUT2D eigenvalue weighted by Gasteiger charge is -2.09. The van der Waals surface area contributed by atoms with Gasteiger partial charge in [-0.2, -0.15) is 5.10 Å². The number of hydrogen-bond acceptors (Lipinski definition) is 8. The third-order valence-electron chi connectivity index (χ3n) is 5.99. The maximum Gasteiger partial charge on any atom is 0.355 e. The first-order valence-corrected chi connectivity index (χ1v) is 14.4. The Morgan fingerprint density at radius 2 is 1.77 bits per heavy atom. The second-order valence-corrected chi connectivity index (χ2v) is 11.2. The molecule has 204 valence electrons. The van der Waals surface area contributed by atoms with Crippen LogP contribution in [-0.2, 0) is 23.1 Å². The highest BCUT2D eigenvalue weighted by atomic mass is 32.2. The highest BCUT2D eigenvalue weighted by molar-refractivity contribution is 7.89. The zero-order valence-electron chi connectivity index (χ0n) is 21.2. The van der Waals surface area contributed by atoms with Gasteiger partial charge in [0.1, 0.15) is 18.1 Å². The van der Waals surface area contributed by atoms with Gasteiger partial charge in [0, 0.05) is 29.1 Å². The molecule has 2 aromatic heterocycles. The number of aromatic carboxylic acids is 1. The third kappa shape index (κ3) is 6.20. The Hall–Kier alpha value is -4.52. The third-order valence-corrected chi connectivity index (χ3v) is 7.75. The number of ether oxygens (including phenoxy) is 2. The molecule has 40 heavy (non-hydrogen) atoms. The fourth-order valence-corrected chi connectivity index (χ4v) is 5.27. The fourth-order valence-electron chi connectivity index (χ4n) is 4.03. The minimum atomic E-state index is -3.81. The van der Waals surface area contributed by atoms with Crippen molar-refractivity contribution in [2.45, 2.75) is 17.9 Å². The second-order valence-electron chi connectivity index (χ2n) is 8.80. The molecule has 5 rings (SSSR count). The minimum absolute atomic E-state index is 0.0250. The van der Waals surface area contributed by atoms with Gasteiger partial charge >= 0.3 is 5.97 Å². The molecule has 12 heteroatoms. The highest BCUT2D eigenvalue weighted by Crippen LogP contribution is 2.30. The Balaban J connectivity index is 1.47. The van der Waals surface area contributed by atoms with E-state index in [1.54, 1.807) is 30.1 Å². The summed E-state index contributed by atoms with van der Waals surface area (Å²) in [5.41, 5.74) is 3.98. The SMILES string of the molecule is COc1cccc(COc2cccc(-c3nn(-c4nc(C(=O)O)cs4)cc3Cc3ccc(S(N)(=O)=O)cc3)c2)c1. The first-order chi connectivity index (χ1) is 19.2. The maximum atomic E-state index is 11.7. The van der Waals surface area contributed by atoms with E-state index in [9.17, 15) is 18.3 Å². The van der Waals surface area contributed by atoms with E-state index >= 15 is 0 Å². The number of carboxylic acid groups (broad SMARTS) is 1. The van der Waals surface area contributed by atoms with Crippen LogP contribution in [0.2, 0.25) is 0 Å². The molecule has 5 aromatic rings. The number of nitrogens with zero attached hydrogens (tertiary/aromatic N) is 3. The number of carboxylic acids is 1. The number of carbonyl (C=O) groups is 1. The summed E-state index contributed by atoms with van der Waals surface area (Å²) >= 11 is 1.16. The Bertz CT molecular complexity index is 1780. The molecular formula is C28H24N4O6S2. The smallest absolute Gasteiger partial charge is 0.355 e. The number of nitrogens with two attached hydrogens (primary N) is 1. The number of sulfonamides is 1. The molecule has 0 aliphatic rings. The van der Waals surface area contributed by atoms with Crippen LogP contribution in [0.5, 0.6) is 11.5 Å². The van der Waals surface area contributed by atoms with E-state index in [1.165, 1.54) is 17.5 Å². The summed E-state index contributed by atoms with van der Waals surface area (Å²) in [5.74, 6) is 0.266. The molecular weight excluding hydrogens is 552 g/mol. The molecule has 0 bridgehead atoms. The molecule has 10 nitrogen and oxygen atoms in total. The average Bonchev–Trinajstić information content (AvgIpc) is 3.60. The molecule has 3 aromatic carbocycles. The fraction of sp³-hybridized carbons (Fsp3) is 0.107. The molecule has 0 unspecified atom stereocenters. The van der Waals surface area contributed by atoms with Crippen molar-refractivity contribution >= 4 is 27.3 Å². The van der Waals surface area contributed by atoms with Crippen molar-refractivity contribution < 1.29 is 27.8 Å². The van der Waals surface area contributed by atoms with E-state index in [0.717, 1.165) is 39.3 Å². The summed E-state index contributed by atoms with van der Waals surface area (Å²) in [6.07, 6.45) is 2.21. The van der Waals surface area contributed by atoms with E-state index in [4.69, 9.17) is 19.7 Å². The van der Waals surface area contributed by atoms with Crippen molar-refractivity contribution in [3.05, 3.63) is 107 Å². The van der Waals surface area contributed by atoms with Crippen LogP contribution in [0.25, 0.3) is 16.4 Å². The Kier molecular flexibility index (Phi) is 7.65. The number of hydrogen-bond donors (Lipinski definition) is 2. The Morgan fingerprint density at radius 1 is 1.02 bits per heavy atom. The first-order valence-electron chi connectivity index (χ1n) is 12.0. The van der Waals surface area contributed by atoms with Crippen LogP contribution in [0, 0.1) is 0 Å². The lowest BCUT2D eigenvalue weighted by molar-refractivity contribution is 0.0691. The second kappa shape index (κ2) is 11.3. The van der Waals surface area contributed by atoms with Gasteiger partial charge in [0.25, 0.3) is 0 Å². The molecule has 0 aliphatic heterocycles. The van der Waals surface area contributed by atoms with Crippen LogP contribution in [0.3, 0.4) is 0 Å². The average molecular weight is 577 g/mol. The standard InChI is InChI=1S/C28H24N4O6S2/c1-37-22-6-2-4-19(13-22)16-38-23-7-3-5-20(14-23)26-21(12-18-8-10-24(11-9-18)40(29,35)36)15-32(31-26)28-30-25(17-39-28)27(33)34/h2-11,13-15,17H,12,16H2,1H3,(H,33,34)(H2,29,35,36). The van der Waals surface area contributed by atoms with Crippen molar-refractivity contribution in [1.29, 1.82) is 0 Å². The predicted molar refractivity (Wildman–Crippen MR) is 150 cm³/mol. The topological polar surface area (TPSA) is 147 Å². The molecule has 0 saturated carbocycles. The van der Waals surface area contributed by atoms with Crippen LogP contribution in [0.1, 0.15) is 27.2 Å². The number of thiazole rings is 1. The molecule has 0 fully saturated rings. The number of rotatable bonds is 10. The summed E-state index contributed by atoms with van der Waals surface area (Å²) in [4.78, 5) is 15.6. The van der Waals surface area contributed by atoms with E-state index in [2.05, 4.69) is 4.98 Å². The van der Waals surface area contributed by atoms with Gasteiger partial charge in [-0.3, -0.25) is 0 Å². The van der Waals surface area contributed by atoms with Gasteiger partial charge < -0.3 is 14.6 Å². The van der Waals surface area contributed by atoms with E-state index in [0.29, 0.717) is 29.6 Å². The predicted octanol–water partition coefficient (Wildman–Crippen LogP) is 4.52. The number of benzene rings is 3. The Labute approximate surface area is 234 Å². The van der Waals surface area contributed by atoms with Gasteiger partial charge in [0.05, 0.1) is 17.7 Å². The van der Waals surface area contributed by atoms with Crippen LogP contribution in [-0.4, -0.2) is 41.4 Å². The largest absolute Gasteiger partial charge is 0.497 e. The van der Waals surface area contributed by atoms with Crippen LogP contribution in [0.4, 0.5) is 0 Å². The lowest BCUT2D eigenvalue weighted by Crippen LogP contribution is -2.11. The summed E-state index contributed by atoms with van der Waals surface area (Å²) in [5, 5.41) is 21.1. The number of aromatic nitrogens is 3. The lowest BCUT2D eigenvalue weighted by atomic mass is 10.0. The maximum absolute atomic E-state index is 11.7. The Morgan fingerprint density at radius 3 is 2.48 bits per heavy atom. The molecule has 0 aliphatic carbocycles. The molecule has 2 heterocycles. The zero-order valence-corrected chi connectivity index (χ0v) is 22.9. The number of primary sulfonamides is 1. The first kappa shape index (κ1) is 27.1. The van der Waals surface area contributed by atoms with Crippen molar-refractivity contribution in [2.24, 2.45) is 5.14 Å². The summed E-state index contributed by atoms with van der Waals surface area (Å²) in [6, 6.07) is 21.4. The molecule has 0 amide bonds. The summed E-state index contributed by atoms with van der Waals surface area (Å²) in [6.45, 7) is 0.343. The van der Waals surface area contributed by atoms with E-state index in [-0.39, 0.29) is 10.6 Å². The zero-order chi connectivity index (χ0) is 28.3. The van der Waals surface area contributed by atoms with Gasteiger partial charge in [-0.15, -0.1) is 11.3 Å². The van der Waals surface area contributed by atoms with Crippen LogP contribution < -0.4 is 14.6 Å². The highest BCUT2D eigenvalue weighted by Gasteiger charge is 2.17. The van der Waals surface area contributed by atoms with Crippen LogP contribution >= 0.6 is 11.3 Å². The van der Waals surface area contributed by atoms with Crippen molar-refractivity contribution in [3.8, 4) is 27.9 Å². The summed E-state index contributed by atoms with van der Waals surface area (Å²) in [7, 11) is -2.19. The molecule has 0 atom stereocenters. The van der Waals surface area contributed by atoms with Crippen molar-refractivity contribution in [3.63, 3.8) is 0 Å².